The molecule has 1 rings (SSSR count). The number of hydrogen-bond donors (Lipinski definition) is 3. The Balaban J connectivity index is 2.54. The van der Waals surface area contributed by atoms with Crippen LogP contribution in [0.2, 0.25) is 0 Å². The van der Waals surface area contributed by atoms with Crippen molar-refractivity contribution in [1.29, 1.82) is 0 Å². The Morgan fingerprint density at radius 3 is 2.48 bits per heavy atom. The Morgan fingerprint density at radius 2 is 1.95 bits per heavy atom. The molecule has 1 aromatic carbocycles. The molecule has 0 aliphatic rings. The predicted octanol–water partition coefficient (Wildman–Crippen LogP) is 0.127. The normalized spacial score (nSPS) is 11.5. The molecule has 1 aromatic rings. The van der Waals surface area contributed by atoms with E-state index in [1.807, 2.05) is 19.9 Å². The van der Waals surface area contributed by atoms with Crippen molar-refractivity contribution in [1.82, 2.24) is 5.32 Å². The average molecular weight is 294 g/mol. The van der Waals surface area contributed by atoms with Crippen LogP contribution in [0, 0.1) is 13.8 Å². The van der Waals surface area contributed by atoms with Crippen LogP contribution >= 0.6 is 0 Å². The van der Waals surface area contributed by atoms with Crippen LogP contribution in [-0.2, 0) is 14.4 Å². The zero-order valence-corrected chi connectivity index (χ0v) is 11.9. The molecule has 0 saturated carbocycles. The quantitative estimate of drug-likeness (QED) is 0.660. The van der Waals surface area contributed by atoms with Gasteiger partial charge < -0.3 is 20.9 Å². The Morgan fingerprint density at radius 1 is 1.29 bits per heavy atom. The fourth-order valence-corrected chi connectivity index (χ4v) is 1.59. The van der Waals surface area contributed by atoms with Crippen molar-refractivity contribution in [2.45, 2.75) is 26.3 Å². The number of ether oxygens (including phenoxy) is 1. The summed E-state index contributed by atoms with van der Waals surface area (Å²) in [5.41, 5.74) is 7.03. The minimum Gasteiger partial charge on any atom is -0.484 e. The van der Waals surface area contributed by atoms with Gasteiger partial charge in [0.2, 0.25) is 5.91 Å². The van der Waals surface area contributed by atoms with Crippen molar-refractivity contribution in [3.8, 4) is 5.75 Å². The monoisotopic (exact) mass is 294 g/mol. The van der Waals surface area contributed by atoms with E-state index in [1.54, 1.807) is 12.1 Å². The molecule has 7 heteroatoms. The van der Waals surface area contributed by atoms with Crippen molar-refractivity contribution in [2.24, 2.45) is 5.73 Å². The van der Waals surface area contributed by atoms with E-state index in [0.717, 1.165) is 11.1 Å². The molecule has 0 aliphatic carbocycles. The molecule has 0 fully saturated rings. The predicted molar refractivity (Wildman–Crippen MR) is 74.8 cm³/mol. The van der Waals surface area contributed by atoms with E-state index < -0.39 is 30.2 Å². The standard InChI is InChI=1S/C14H18N2O5/c1-8-3-4-10(5-9(8)2)21-7-13(18)16-11(14(19)20)6-12(15)17/h3-5,11H,6-7H2,1-2H3,(H2,15,17)(H,16,18)(H,19,20)/t11-/m1/s1. The van der Waals surface area contributed by atoms with Gasteiger partial charge in [0.15, 0.2) is 6.61 Å². The first-order chi connectivity index (χ1) is 9.79. The molecule has 0 spiro atoms. The maximum atomic E-state index is 11.6. The van der Waals surface area contributed by atoms with Crippen molar-refractivity contribution in [3.63, 3.8) is 0 Å². The maximum absolute atomic E-state index is 11.6. The third-order valence-corrected chi connectivity index (χ3v) is 2.89. The average Bonchev–Trinajstić information content (AvgIpc) is 2.38. The molecule has 0 saturated heterocycles. The van der Waals surface area contributed by atoms with Crippen molar-refractivity contribution >= 4 is 17.8 Å². The lowest BCUT2D eigenvalue weighted by molar-refractivity contribution is -0.143. The number of carboxylic acids is 1. The lowest BCUT2D eigenvalue weighted by Crippen LogP contribution is -2.45. The first-order valence-electron chi connectivity index (χ1n) is 6.30. The Hall–Kier alpha value is -2.57. The first kappa shape index (κ1) is 16.5. The number of amides is 2. The lowest BCUT2D eigenvalue weighted by atomic mass is 10.1. The zero-order valence-electron chi connectivity index (χ0n) is 11.9. The van der Waals surface area contributed by atoms with Crippen molar-refractivity contribution in [2.75, 3.05) is 6.61 Å². The summed E-state index contributed by atoms with van der Waals surface area (Å²) in [6.07, 6.45) is -0.468. The maximum Gasteiger partial charge on any atom is 0.326 e. The number of carbonyl (C=O) groups is 3. The summed E-state index contributed by atoms with van der Waals surface area (Å²) in [5, 5.41) is 11.0. The highest BCUT2D eigenvalue weighted by atomic mass is 16.5. The highest BCUT2D eigenvalue weighted by Gasteiger charge is 2.22. The van der Waals surface area contributed by atoms with E-state index >= 15 is 0 Å². The summed E-state index contributed by atoms with van der Waals surface area (Å²) < 4.78 is 5.27. The number of rotatable bonds is 7. The van der Waals surface area contributed by atoms with Crippen LogP contribution in [0.15, 0.2) is 18.2 Å². The number of primary amides is 1. The summed E-state index contributed by atoms with van der Waals surface area (Å²) in [7, 11) is 0. The molecule has 0 aromatic heterocycles. The lowest BCUT2D eigenvalue weighted by Gasteiger charge is -2.13. The van der Waals surface area contributed by atoms with Crippen LogP contribution in [0.1, 0.15) is 17.5 Å². The third kappa shape index (κ3) is 5.52. The van der Waals surface area contributed by atoms with Gasteiger partial charge in [-0.25, -0.2) is 4.79 Å². The molecule has 7 nitrogen and oxygen atoms in total. The minimum absolute atomic E-state index is 0.342. The molecule has 21 heavy (non-hydrogen) atoms. The summed E-state index contributed by atoms with van der Waals surface area (Å²) in [6, 6.07) is 4.00. The van der Waals surface area contributed by atoms with Gasteiger partial charge in [-0.3, -0.25) is 9.59 Å². The van der Waals surface area contributed by atoms with Crippen LogP contribution in [0.3, 0.4) is 0 Å². The SMILES string of the molecule is Cc1ccc(OCC(=O)N[C@H](CC(N)=O)C(=O)O)cc1C. The van der Waals surface area contributed by atoms with Gasteiger partial charge in [-0.1, -0.05) is 6.07 Å². The Kier molecular flexibility index (Phi) is 5.71. The smallest absolute Gasteiger partial charge is 0.326 e. The van der Waals surface area contributed by atoms with E-state index in [1.165, 1.54) is 0 Å². The van der Waals surface area contributed by atoms with Crippen molar-refractivity contribution in [3.05, 3.63) is 29.3 Å². The van der Waals surface area contributed by atoms with E-state index in [0.29, 0.717) is 5.75 Å². The number of carboxylic acid groups (broad SMARTS) is 1. The third-order valence-electron chi connectivity index (χ3n) is 2.89. The van der Waals surface area contributed by atoms with Gasteiger partial charge in [-0.2, -0.15) is 0 Å². The van der Waals surface area contributed by atoms with Crippen molar-refractivity contribution < 1.29 is 24.2 Å². The molecule has 0 bridgehead atoms. The fourth-order valence-electron chi connectivity index (χ4n) is 1.59. The second kappa shape index (κ2) is 7.28. The topological polar surface area (TPSA) is 119 Å². The Bertz CT molecular complexity index is 556. The second-order valence-corrected chi connectivity index (χ2v) is 4.66. The number of nitrogens with one attached hydrogen (secondary N) is 1. The molecule has 2 amide bonds. The molecule has 0 aliphatic heterocycles. The van der Waals surface area contributed by atoms with Crippen LogP contribution in [-0.4, -0.2) is 35.5 Å². The first-order valence-corrected chi connectivity index (χ1v) is 6.30. The highest BCUT2D eigenvalue weighted by Crippen LogP contribution is 2.16. The van der Waals surface area contributed by atoms with Gasteiger partial charge in [0.25, 0.3) is 5.91 Å². The molecular formula is C14H18N2O5. The fraction of sp³-hybridized carbons (Fsp3) is 0.357. The van der Waals surface area contributed by atoms with Crippen LogP contribution < -0.4 is 15.8 Å². The minimum atomic E-state index is -1.35. The molecule has 1 atom stereocenters. The number of carbonyl (C=O) groups excluding carboxylic acids is 2. The van der Waals surface area contributed by atoms with E-state index in [-0.39, 0.29) is 6.61 Å². The second-order valence-electron chi connectivity index (χ2n) is 4.66. The zero-order chi connectivity index (χ0) is 16.0. The number of hydrogen-bond acceptors (Lipinski definition) is 4. The van der Waals surface area contributed by atoms with Crippen LogP contribution in [0.25, 0.3) is 0 Å². The molecule has 0 radical (unpaired) electrons. The molecule has 0 heterocycles. The Labute approximate surface area is 122 Å². The van der Waals surface area contributed by atoms with E-state index in [4.69, 9.17) is 15.6 Å². The highest BCUT2D eigenvalue weighted by molar-refractivity contribution is 5.88. The van der Waals surface area contributed by atoms with E-state index in [9.17, 15) is 14.4 Å². The van der Waals surface area contributed by atoms with Gasteiger partial charge in [-0.15, -0.1) is 0 Å². The van der Waals surface area contributed by atoms with E-state index in [2.05, 4.69) is 5.32 Å². The van der Waals surface area contributed by atoms with Gasteiger partial charge >= 0.3 is 5.97 Å². The van der Waals surface area contributed by atoms with Crippen LogP contribution in [0.5, 0.6) is 5.75 Å². The van der Waals surface area contributed by atoms with Crippen LogP contribution in [0.4, 0.5) is 0 Å². The molecule has 0 unspecified atom stereocenters. The summed E-state index contributed by atoms with van der Waals surface area (Å²) in [6.45, 7) is 3.52. The summed E-state index contributed by atoms with van der Waals surface area (Å²) >= 11 is 0. The largest absolute Gasteiger partial charge is 0.484 e. The summed E-state index contributed by atoms with van der Waals surface area (Å²) in [4.78, 5) is 33.2. The summed E-state index contributed by atoms with van der Waals surface area (Å²) in [5.74, 6) is -2.26. The van der Waals surface area contributed by atoms with Gasteiger partial charge in [-0.05, 0) is 37.1 Å². The number of nitrogens with two attached hydrogens (primary N) is 1. The van der Waals surface area contributed by atoms with Gasteiger partial charge in [0.1, 0.15) is 11.8 Å². The van der Waals surface area contributed by atoms with Gasteiger partial charge in [0.05, 0.1) is 6.42 Å². The molecule has 114 valence electrons. The number of benzene rings is 1. The number of aliphatic carboxylic acids is 1. The number of aryl methyl sites for hydroxylation is 2. The molecular weight excluding hydrogens is 276 g/mol. The molecule has 4 N–H and O–H groups in total. The van der Waals surface area contributed by atoms with Gasteiger partial charge in [0, 0.05) is 0 Å².